The molecule has 0 bridgehead atoms. The Labute approximate surface area is 106 Å². The summed E-state index contributed by atoms with van der Waals surface area (Å²) in [5, 5.41) is 3.41. The molecule has 0 radical (unpaired) electrons. The van der Waals surface area contributed by atoms with E-state index in [0.29, 0.717) is 6.04 Å². The van der Waals surface area contributed by atoms with Gasteiger partial charge in [-0.15, -0.1) is 0 Å². The molecule has 0 unspecified atom stereocenters. The van der Waals surface area contributed by atoms with E-state index >= 15 is 0 Å². The Balaban J connectivity index is 2.30. The maximum Gasteiger partial charge on any atom is 0.00105 e. The van der Waals surface area contributed by atoms with E-state index in [2.05, 4.69) is 63.4 Å². The molecule has 0 aliphatic rings. The molecule has 0 spiro atoms. The number of hydrogen-bond donors (Lipinski definition) is 1. The summed E-state index contributed by atoms with van der Waals surface area (Å²) in [4.78, 5) is 0. The highest BCUT2D eigenvalue weighted by molar-refractivity contribution is 5.30. The first-order chi connectivity index (χ1) is 8.09. The first-order valence-corrected chi connectivity index (χ1v) is 6.54. The molecule has 0 atom stereocenters. The van der Waals surface area contributed by atoms with Gasteiger partial charge >= 0.3 is 0 Å². The van der Waals surface area contributed by atoms with Crippen LogP contribution in [0.3, 0.4) is 0 Å². The molecule has 1 aromatic rings. The van der Waals surface area contributed by atoms with Gasteiger partial charge in [0, 0.05) is 6.04 Å². The molecule has 17 heavy (non-hydrogen) atoms. The Bertz CT molecular complexity index is 364. The van der Waals surface area contributed by atoms with Gasteiger partial charge in [0.15, 0.2) is 0 Å². The van der Waals surface area contributed by atoms with Crippen LogP contribution in [-0.4, -0.2) is 12.6 Å². The molecule has 0 heterocycles. The van der Waals surface area contributed by atoms with Crippen LogP contribution in [0.4, 0.5) is 0 Å². The molecule has 0 amide bonds. The lowest BCUT2D eigenvalue weighted by Crippen LogP contribution is -2.23. The van der Waals surface area contributed by atoms with Crippen molar-refractivity contribution >= 4 is 0 Å². The number of rotatable bonds is 6. The van der Waals surface area contributed by atoms with Gasteiger partial charge in [-0.1, -0.05) is 44.2 Å². The SMILES string of the molecule is Cc1ccc(CC=CCCNC(C)C)cc1C. The number of nitrogens with one attached hydrogen (secondary N) is 1. The van der Waals surface area contributed by atoms with E-state index < -0.39 is 0 Å². The van der Waals surface area contributed by atoms with E-state index in [-0.39, 0.29) is 0 Å². The van der Waals surface area contributed by atoms with E-state index in [1.54, 1.807) is 0 Å². The molecule has 1 N–H and O–H groups in total. The van der Waals surface area contributed by atoms with Crippen molar-refractivity contribution in [3.8, 4) is 0 Å². The highest BCUT2D eigenvalue weighted by Gasteiger charge is 1.94. The zero-order valence-electron chi connectivity index (χ0n) is 11.6. The summed E-state index contributed by atoms with van der Waals surface area (Å²) in [6, 6.07) is 7.30. The van der Waals surface area contributed by atoms with Crippen molar-refractivity contribution in [1.29, 1.82) is 0 Å². The summed E-state index contributed by atoms with van der Waals surface area (Å²) in [5.41, 5.74) is 4.16. The smallest absolute Gasteiger partial charge is 0.00105 e. The van der Waals surface area contributed by atoms with E-state index in [1.807, 2.05) is 0 Å². The third kappa shape index (κ3) is 5.69. The van der Waals surface area contributed by atoms with Crippen LogP contribution in [0.25, 0.3) is 0 Å². The van der Waals surface area contributed by atoms with Crippen LogP contribution in [0.5, 0.6) is 0 Å². The van der Waals surface area contributed by atoms with Crippen molar-refractivity contribution in [2.24, 2.45) is 0 Å². The Morgan fingerprint density at radius 2 is 1.88 bits per heavy atom. The molecule has 0 aliphatic carbocycles. The molecule has 94 valence electrons. The molecule has 0 saturated carbocycles. The lowest BCUT2D eigenvalue weighted by atomic mass is 10.0. The highest BCUT2D eigenvalue weighted by atomic mass is 14.9. The van der Waals surface area contributed by atoms with Crippen molar-refractivity contribution in [3.05, 3.63) is 47.0 Å². The average molecular weight is 231 g/mol. The highest BCUT2D eigenvalue weighted by Crippen LogP contribution is 2.10. The Morgan fingerprint density at radius 1 is 1.12 bits per heavy atom. The van der Waals surface area contributed by atoms with Crippen molar-refractivity contribution in [3.63, 3.8) is 0 Å². The van der Waals surface area contributed by atoms with Gasteiger partial charge in [-0.05, 0) is 49.9 Å². The van der Waals surface area contributed by atoms with Gasteiger partial charge in [0.25, 0.3) is 0 Å². The predicted molar refractivity (Wildman–Crippen MR) is 76.5 cm³/mol. The molecule has 0 aliphatic heterocycles. The van der Waals surface area contributed by atoms with E-state index in [9.17, 15) is 0 Å². The van der Waals surface area contributed by atoms with Crippen LogP contribution < -0.4 is 5.32 Å². The van der Waals surface area contributed by atoms with Crippen LogP contribution in [0.1, 0.15) is 37.0 Å². The number of aryl methyl sites for hydroxylation is 2. The molecule has 1 aromatic carbocycles. The number of benzene rings is 1. The minimum atomic E-state index is 0.586. The third-order valence-electron chi connectivity index (χ3n) is 2.96. The van der Waals surface area contributed by atoms with Crippen molar-refractivity contribution in [1.82, 2.24) is 5.32 Å². The fourth-order valence-corrected chi connectivity index (χ4v) is 1.72. The predicted octanol–water partition coefficient (Wildman–Crippen LogP) is 3.79. The zero-order chi connectivity index (χ0) is 12.7. The standard InChI is InChI=1S/C16H25N/c1-13(2)17-11-7-5-6-8-16-10-9-14(3)15(4)12-16/h5-6,9-10,12-13,17H,7-8,11H2,1-4H3. The van der Waals surface area contributed by atoms with Crippen LogP contribution >= 0.6 is 0 Å². The third-order valence-corrected chi connectivity index (χ3v) is 2.96. The van der Waals surface area contributed by atoms with Gasteiger partial charge in [-0.2, -0.15) is 0 Å². The lowest BCUT2D eigenvalue weighted by Gasteiger charge is -2.05. The molecule has 1 rings (SSSR count). The molecule has 1 nitrogen and oxygen atoms in total. The van der Waals surface area contributed by atoms with Gasteiger partial charge in [0.2, 0.25) is 0 Å². The first kappa shape index (κ1) is 14.0. The van der Waals surface area contributed by atoms with Gasteiger partial charge < -0.3 is 5.32 Å². The summed E-state index contributed by atoms with van der Waals surface area (Å²) in [6.45, 7) is 9.76. The second-order valence-electron chi connectivity index (χ2n) is 4.99. The largest absolute Gasteiger partial charge is 0.314 e. The average Bonchev–Trinajstić information content (AvgIpc) is 2.27. The quantitative estimate of drug-likeness (QED) is 0.580. The van der Waals surface area contributed by atoms with Crippen molar-refractivity contribution in [2.75, 3.05) is 6.54 Å². The summed E-state index contributed by atoms with van der Waals surface area (Å²) in [6.07, 6.45) is 6.70. The summed E-state index contributed by atoms with van der Waals surface area (Å²) in [5.74, 6) is 0. The Kier molecular flexibility index (Phi) is 5.99. The van der Waals surface area contributed by atoms with E-state index in [4.69, 9.17) is 0 Å². The fraction of sp³-hybridized carbons (Fsp3) is 0.500. The van der Waals surface area contributed by atoms with Gasteiger partial charge in [0.05, 0.1) is 0 Å². The van der Waals surface area contributed by atoms with Gasteiger partial charge in [-0.3, -0.25) is 0 Å². The molecule has 0 fully saturated rings. The van der Waals surface area contributed by atoms with Crippen LogP contribution in [0.2, 0.25) is 0 Å². The van der Waals surface area contributed by atoms with E-state index in [1.165, 1.54) is 16.7 Å². The summed E-state index contributed by atoms with van der Waals surface area (Å²) >= 11 is 0. The topological polar surface area (TPSA) is 12.0 Å². The fourth-order valence-electron chi connectivity index (χ4n) is 1.72. The maximum absolute atomic E-state index is 3.41. The lowest BCUT2D eigenvalue weighted by molar-refractivity contribution is 0.594. The molecular weight excluding hydrogens is 206 g/mol. The number of allylic oxidation sites excluding steroid dienone is 1. The Morgan fingerprint density at radius 3 is 2.53 bits per heavy atom. The van der Waals surface area contributed by atoms with Gasteiger partial charge in [-0.25, -0.2) is 0 Å². The summed E-state index contributed by atoms with van der Waals surface area (Å²) in [7, 11) is 0. The molecule has 0 saturated heterocycles. The minimum Gasteiger partial charge on any atom is -0.314 e. The molecule has 1 heteroatoms. The Hall–Kier alpha value is -1.08. The normalized spacial score (nSPS) is 11.6. The van der Waals surface area contributed by atoms with Crippen LogP contribution in [0, 0.1) is 13.8 Å². The molecular formula is C16H25N. The van der Waals surface area contributed by atoms with Crippen molar-refractivity contribution < 1.29 is 0 Å². The maximum atomic E-state index is 3.41. The van der Waals surface area contributed by atoms with Crippen molar-refractivity contribution in [2.45, 2.75) is 46.6 Å². The number of hydrogen-bond acceptors (Lipinski definition) is 1. The second-order valence-corrected chi connectivity index (χ2v) is 4.99. The zero-order valence-corrected chi connectivity index (χ0v) is 11.6. The van der Waals surface area contributed by atoms with Gasteiger partial charge in [0.1, 0.15) is 0 Å². The second kappa shape index (κ2) is 7.29. The molecule has 0 aromatic heterocycles. The summed E-state index contributed by atoms with van der Waals surface area (Å²) < 4.78 is 0. The van der Waals surface area contributed by atoms with Crippen LogP contribution in [-0.2, 0) is 6.42 Å². The first-order valence-electron chi connectivity index (χ1n) is 6.54. The van der Waals surface area contributed by atoms with E-state index in [0.717, 1.165) is 19.4 Å². The van der Waals surface area contributed by atoms with Crippen LogP contribution in [0.15, 0.2) is 30.4 Å². The minimum absolute atomic E-state index is 0.586. The monoisotopic (exact) mass is 231 g/mol.